The maximum absolute atomic E-state index is 5.94. The Labute approximate surface area is 103 Å². The fraction of sp³-hybridized carbons (Fsp3) is 0.0769. The number of nitrogens with two attached hydrogens (primary N) is 1. The van der Waals surface area contributed by atoms with Crippen molar-refractivity contribution in [2.45, 2.75) is 6.92 Å². The van der Waals surface area contributed by atoms with Crippen LogP contribution in [0.3, 0.4) is 0 Å². The molecule has 3 rings (SSSR count). The number of thiophene rings is 1. The third-order valence-corrected chi connectivity index (χ3v) is 3.55. The van der Waals surface area contributed by atoms with Crippen molar-refractivity contribution in [3.8, 4) is 11.4 Å². The Morgan fingerprint density at radius 2 is 1.94 bits per heavy atom. The molecule has 0 spiro atoms. The second-order valence-corrected chi connectivity index (χ2v) is 4.78. The smallest absolute Gasteiger partial charge is 0.163 e. The number of aromatic nitrogens is 2. The van der Waals surface area contributed by atoms with Gasteiger partial charge in [0, 0.05) is 5.56 Å². The molecular formula is C13H11N3S. The molecule has 3 aromatic rings. The van der Waals surface area contributed by atoms with Crippen LogP contribution in [-0.2, 0) is 0 Å². The normalized spacial score (nSPS) is 10.9. The van der Waals surface area contributed by atoms with Crippen molar-refractivity contribution < 1.29 is 0 Å². The fourth-order valence-corrected chi connectivity index (χ4v) is 2.59. The van der Waals surface area contributed by atoms with E-state index < -0.39 is 0 Å². The number of benzene rings is 1. The van der Waals surface area contributed by atoms with Crippen LogP contribution in [0, 0.1) is 6.92 Å². The summed E-state index contributed by atoms with van der Waals surface area (Å²) in [5, 5.41) is 2.92. The van der Waals surface area contributed by atoms with Crippen molar-refractivity contribution in [1.82, 2.24) is 9.97 Å². The lowest BCUT2D eigenvalue weighted by molar-refractivity contribution is 1.23. The minimum atomic E-state index is 0.550. The topological polar surface area (TPSA) is 51.8 Å². The van der Waals surface area contributed by atoms with Crippen molar-refractivity contribution in [1.29, 1.82) is 0 Å². The second kappa shape index (κ2) is 3.82. The molecule has 17 heavy (non-hydrogen) atoms. The van der Waals surface area contributed by atoms with Crippen molar-refractivity contribution in [2.24, 2.45) is 0 Å². The summed E-state index contributed by atoms with van der Waals surface area (Å²) in [5.41, 5.74) is 8.14. The number of fused-ring (bicyclic) bond motifs is 1. The van der Waals surface area contributed by atoms with Crippen LogP contribution in [0.15, 0.2) is 35.7 Å². The summed E-state index contributed by atoms with van der Waals surface area (Å²) in [7, 11) is 0. The van der Waals surface area contributed by atoms with Gasteiger partial charge in [0.15, 0.2) is 5.82 Å². The fourth-order valence-electron chi connectivity index (χ4n) is 1.82. The minimum absolute atomic E-state index is 0.550. The Kier molecular flexibility index (Phi) is 2.30. The molecule has 0 saturated heterocycles. The van der Waals surface area contributed by atoms with E-state index in [1.54, 1.807) is 11.3 Å². The van der Waals surface area contributed by atoms with Gasteiger partial charge in [-0.3, -0.25) is 0 Å². The summed E-state index contributed by atoms with van der Waals surface area (Å²) in [6.07, 6.45) is 0. The molecule has 84 valence electrons. The van der Waals surface area contributed by atoms with Gasteiger partial charge in [-0.05, 0) is 23.9 Å². The SMILES string of the molecule is Cc1ccccc1-c1nc(N)c2ccsc2n1. The highest BCUT2D eigenvalue weighted by atomic mass is 32.1. The van der Waals surface area contributed by atoms with Gasteiger partial charge in [-0.1, -0.05) is 24.3 Å². The Bertz CT molecular complexity index is 688. The largest absolute Gasteiger partial charge is 0.383 e. The van der Waals surface area contributed by atoms with E-state index >= 15 is 0 Å². The van der Waals surface area contributed by atoms with Gasteiger partial charge in [0.1, 0.15) is 10.6 Å². The number of rotatable bonds is 1. The highest BCUT2D eigenvalue weighted by Crippen LogP contribution is 2.27. The molecule has 0 unspecified atom stereocenters. The molecule has 0 fully saturated rings. The lowest BCUT2D eigenvalue weighted by Gasteiger charge is -2.05. The Morgan fingerprint density at radius 1 is 1.12 bits per heavy atom. The van der Waals surface area contributed by atoms with Crippen LogP contribution in [0.1, 0.15) is 5.56 Å². The van der Waals surface area contributed by atoms with Crippen molar-refractivity contribution in [2.75, 3.05) is 5.73 Å². The standard InChI is InChI=1S/C13H11N3S/c1-8-4-2-3-5-9(8)12-15-11(14)10-6-7-17-13(10)16-12/h2-7H,1H3,(H2,14,15,16). The van der Waals surface area contributed by atoms with Crippen LogP contribution in [-0.4, -0.2) is 9.97 Å². The average molecular weight is 241 g/mol. The number of hydrogen-bond donors (Lipinski definition) is 1. The van der Waals surface area contributed by atoms with E-state index in [0.29, 0.717) is 11.6 Å². The van der Waals surface area contributed by atoms with Crippen LogP contribution < -0.4 is 5.73 Å². The zero-order valence-corrected chi connectivity index (χ0v) is 10.2. The number of hydrogen-bond acceptors (Lipinski definition) is 4. The van der Waals surface area contributed by atoms with Gasteiger partial charge in [0.05, 0.1) is 5.39 Å². The van der Waals surface area contributed by atoms with Gasteiger partial charge in [-0.15, -0.1) is 11.3 Å². The van der Waals surface area contributed by atoms with Gasteiger partial charge in [-0.2, -0.15) is 0 Å². The van der Waals surface area contributed by atoms with Crippen LogP contribution in [0.2, 0.25) is 0 Å². The molecule has 2 heterocycles. The first kappa shape index (κ1) is 10.2. The second-order valence-electron chi connectivity index (χ2n) is 3.89. The predicted octanol–water partition coefficient (Wildman–Crippen LogP) is 3.25. The molecule has 0 radical (unpaired) electrons. The maximum atomic E-state index is 5.94. The monoisotopic (exact) mass is 241 g/mol. The van der Waals surface area contributed by atoms with Crippen LogP contribution in [0.4, 0.5) is 5.82 Å². The third-order valence-electron chi connectivity index (χ3n) is 2.74. The summed E-state index contributed by atoms with van der Waals surface area (Å²) >= 11 is 1.59. The quantitative estimate of drug-likeness (QED) is 0.711. The average Bonchev–Trinajstić information content (AvgIpc) is 2.78. The van der Waals surface area contributed by atoms with Crippen molar-refractivity contribution >= 4 is 27.4 Å². The summed E-state index contributed by atoms with van der Waals surface area (Å²) in [4.78, 5) is 9.87. The Morgan fingerprint density at radius 3 is 2.76 bits per heavy atom. The zero-order chi connectivity index (χ0) is 11.8. The molecule has 1 aromatic carbocycles. The van der Waals surface area contributed by atoms with E-state index in [1.165, 1.54) is 0 Å². The van der Waals surface area contributed by atoms with E-state index in [1.807, 2.05) is 42.6 Å². The molecule has 0 aliphatic rings. The molecule has 4 heteroatoms. The molecule has 0 aliphatic heterocycles. The van der Waals surface area contributed by atoms with Crippen molar-refractivity contribution in [3.63, 3.8) is 0 Å². The first-order valence-corrected chi connectivity index (χ1v) is 6.20. The lowest BCUT2D eigenvalue weighted by Crippen LogP contribution is -1.97. The van der Waals surface area contributed by atoms with E-state index in [9.17, 15) is 0 Å². The molecule has 0 bridgehead atoms. The lowest BCUT2D eigenvalue weighted by atomic mass is 10.1. The highest BCUT2D eigenvalue weighted by Gasteiger charge is 2.09. The summed E-state index contributed by atoms with van der Waals surface area (Å²) in [5.74, 6) is 1.25. The van der Waals surface area contributed by atoms with Gasteiger partial charge in [-0.25, -0.2) is 9.97 Å². The maximum Gasteiger partial charge on any atom is 0.163 e. The van der Waals surface area contributed by atoms with E-state index in [-0.39, 0.29) is 0 Å². The highest BCUT2D eigenvalue weighted by molar-refractivity contribution is 7.16. The molecule has 0 aliphatic carbocycles. The van der Waals surface area contributed by atoms with Gasteiger partial charge >= 0.3 is 0 Å². The molecule has 2 N–H and O–H groups in total. The molecule has 3 nitrogen and oxygen atoms in total. The number of aryl methyl sites for hydroxylation is 1. The molecule has 0 saturated carbocycles. The zero-order valence-electron chi connectivity index (χ0n) is 9.34. The first-order valence-electron chi connectivity index (χ1n) is 5.32. The summed E-state index contributed by atoms with van der Waals surface area (Å²) in [6.45, 7) is 2.05. The van der Waals surface area contributed by atoms with Gasteiger partial charge < -0.3 is 5.73 Å². The summed E-state index contributed by atoms with van der Waals surface area (Å²) in [6, 6.07) is 10.0. The summed E-state index contributed by atoms with van der Waals surface area (Å²) < 4.78 is 0. The van der Waals surface area contributed by atoms with Crippen LogP contribution in [0.25, 0.3) is 21.6 Å². The number of nitrogen functional groups attached to an aromatic ring is 1. The molecular weight excluding hydrogens is 230 g/mol. The number of anilines is 1. The minimum Gasteiger partial charge on any atom is -0.383 e. The third kappa shape index (κ3) is 1.66. The first-order chi connectivity index (χ1) is 8.25. The van der Waals surface area contributed by atoms with Crippen LogP contribution in [0.5, 0.6) is 0 Å². The Balaban J connectivity index is 2.28. The van der Waals surface area contributed by atoms with Crippen LogP contribution >= 0.6 is 11.3 Å². The molecule has 0 amide bonds. The van der Waals surface area contributed by atoms with Crippen molar-refractivity contribution in [3.05, 3.63) is 41.3 Å². The number of nitrogens with zero attached hydrogens (tertiary/aromatic N) is 2. The molecule has 2 aromatic heterocycles. The van der Waals surface area contributed by atoms with Gasteiger partial charge in [0.25, 0.3) is 0 Å². The van der Waals surface area contributed by atoms with E-state index in [0.717, 1.165) is 21.3 Å². The predicted molar refractivity (Wildman–Crippen MR) is 72.0 cm³/mol. The Hall–Kier alpha value is -1.94. The molecule has 0 atom stereocenters. The van der Waals surface area contributed by atoms with E-state index in [2.05, 4.69) is 9.97 Å². The van der Waals surface area contributed by atoms with E-state index in [4.69, 9.17) is 5.73 Å². The van der Waals surface area contributed by atoms with Gasteiger partial charge in [0.2, 0.25) is 0 Å².